The van der Waals surface area contributed by atoms with Crippen molar-refractivity contribution in [3.63, 3.8) is 0 Å². The molecule has 0 aliphatic heterocycles. The van der Waals surface area contributed by atoms with Gasteiger partial charge in [0, 0.05) is 6.20 Å². The van der Waals surface area contributed by atoms with E-state index in [0.29, 0.717) is 0 Å². The van der Waals surface area contributed by atoms with Crippen molar-refractivity contribution in [1.82, 2.24) is 9.78 Å². The SMILES string of the molecule is Cc1ccn(Cc2ccc(C)c(C)c2)n1. The van der Waals surface area contributed by atoms with Gasteiger partial charge in [-0.05, 0) is 43.5 Å². The van der Waals surface area contributed by atoms with Gasteiger partial charge in [-0.15, -0.1) is 0 Å². The first kappa shape index (κ1) is 9.97. The molecule has 2 nitrogen and oxygen atoms in total. The monoisotopic (exact) mass is 200 g/mol. The Kier molecular flexibility index (Phi) is 2.58. The van der Waals surface area contributed by atoms with Crippen LogP contribution >= 0.6 is 0 Å². The maximum Gasteiger partial charge on any atom is 0.0659 e. The second kappa shape index (κ2) is 3.89. The fourth-order valence-corrected chi connectivity index (χ4v) is 1.64. The molecular formula is C13H16N2. The minimum absolute atomic E-state index is 0.856. The molecule has 2 heteroatoms. The van der Waals surface area contributed by atoms with Gasteiger partial charge in [-0.2, -0.15) is 5.10 Å². The zero-order valence-electron chi connectivity index (χ0n) is 9.49. The van der Waals surface area contributed by atoms with Crippen LogP contribution in [0.2, 0.25) is 0 Å². The average Bonchev–Trinajstić information content (AvgIpc) is 2.58. The third-order valence-electron chi connectivity index (χ3n) is 2.69. The summed E-state index contributed by atoms with van der Waals surface area (Å²) in [5.41, 5.74) is 5.06. The minimum Gasteiger partial charge on any atom is -0.268 e. The Bertz CT molecular complexity index is 469. The van der Waals surface area contributed by atoms with Gasteiger partial charge >= 0.3 is 0 Å². The smallest absolute Gasteiger partial charge is 0.0659 e. The molecule has 0 spiro atoms. The fourth-order valence-electron chi connectivity index (χ4n) is 1.64. The Balaban J connectivity index is 2.21. The number of rotatable bonds is 2. The second-order valence-corrected chi connectivity index (χ2v) is 4.07. The standard InChI is InChI=1S/C13H16N2/c1-10-4-5-13(8-11(10)2)9-15-7-6-12(3)14-15/h4-8H,9H2,1-3H3. The number of aryl methyl sites for hydroxylation is 3. The molecule has 15 heavy (non-hydrogen) atoms. The Morgan fingerprint density at radius 3 is 2.47 bits per heavy atom. The molecule has 0 saturated carbocycles. The van der Waals surface area contributed by atoms with E-state index in [0.717, 1.165) is 12.2 Å². The zero-order valence-corrected chi connectivity index (χ0v) is 9.49. The largest absolute Gasteiger partial charge is 0.268 e. The van der Waals surface area contributed by atoms with E-state index < -0.39 is 0 Å². The molecular weight excluding hydrogens is 184 g/mol. The summed E-state index contributed by atoms with van der Waals surface area (Å²) in [6.07, 6.45) is 2.02. The number of hydrogen-bond donors (Lipinski definition) is 0. The molecule has 2 aromatic rings. The van der Waals surface area contributed by atoms with Gasteiger partial charge in [0.05, 0.1) is 12.2 Å². The van der Waals surface area contributed by atoms with E-state index in [-0.39, 0.29) is 0 Å². The number of aromatic nitrogens is 2. The Morgan fingerprint density at radius 1 is 1.07 bits per heavy atom. The fraction of sp³-hybridized carbons (Fsp3) is 0.308. The molecule has 0 aliphatic rings. The quantitative estimate of drug-likeness (QED) is 0.729. The van der Waals surface area contributed by atoms with Crippen molar-refractivity contribution >= 4 is 0 Å². The van der Waals surface area contributed by atoms with E-state index in [1.807, 2.05) is 23.9 Å². The molecule has 0 atom stereocenters. The van der Waals surface area contributed by atoms with Gasteiger partial charge < -0.3 is 0 Å². The summed E-state index contributed by atoms with van der Waals surface area (Å²) in [6, 6.07) is 8.59. The van der Waals surface area contributed by atoms with Crippen molar-refractivity contribution in [2.24, 2.45) is 0 Å². The molecule has 0 unspecified atom stereocenters. The summed E-state index contributed by atoms with van der Waals surface area (Å²) in [6.45, 7) is 7.15. The van der Waals surface area contributed by atoms with Crippen LogP contribution in [0.5, 0.6) is 0 Å². The van der Waals surface area contributed by atoms with Crippen LogP contribution < -0.4 is 0 Å². The predicted octanol–water partition coefficient (Wildman–Crippen LogP) is 2.86. The molecule has 0 aliphatic carbocycles. The molecule has 78 valence electrons. The van der Waals surface area contributed by atoms with Crippen LogP contribution in [0.1, 0.15) is 22.4 Å². The minimum atomic E-state index is 0.856. The van der Waals surface area contributed by atoms with Crippen molar-refractivity contribution in [1.29, 1.82) is 0 Å². The third kappa shape index (κ3) is 2.27. The van der Waals surface area contributed by atoms with E-state index >= 15 is 0 Å². The van der Waals surface area contributed by atoms with Gasteiger partial charge in [-0.1, -0.05) is 18.2 Å². The van der Waals surface area contributed by atoms with E-state index in [1.165, 1.54) is 16.7 Å². The van der Waals surface area contributed by atoms with E-state index in [1.54, 1.807) is 0 Å². The third-order valence-corrected chi connectivity index (χ3v) is 2.69. The highest BCUT2D eigenvalue weighted by molar-refractivity contribution is 5.29. The lowest BCUT2D eigenvalue weighted by Crippen LogP contribution is -2.01. The van der Waals surface area contributed by atoms with Gasteiger partial charge in [-0.25, -0.2) is 0 Å². The van der Waals surface area contributed by atoms with Crippen LogP contribution in [0, 0.1) is 20.8 Å². The Morgan fingerprint density at radius 2 is 1.87 bits per heavy atom. The first-order valence-electron chi connectivity index (χ1n) is 5.21. The summed E-state index contributed by atoms with van der Waals surface area (Å²) in [5.74, 6) is 0. The van der Waals surface area contributed by atoms with E-state index in [9.17, 15) is 0 Å². The molecule has 0 bridgehead atoms. The molecule has 0 fully saturated rings. The number of benzene rings is 1. The Labute approximate surface area is 90.6 Å². The first-order valence-corrected chi connectivity index (χ1v) is 5.21. The summed E-state index contributed by atoms with van der Waals surface area (Å²) >= 11 is 0. The molecule has 1 aromatic carbocycles. The van der Waals surface area contributed by atoms with E-state index in [4.69, 9.17) is 0 Å². The lowest BCUT2D eigenvalue weighted by atomic mass is 10.1. The van der Waals surface area contributed by atoms with Crippen molar-refractivity contribution < 1.29 is 0 Å². The van der Waals surface area contributed by atoms with Gasteiger partial charge in [0.15, 0.2) is 0 Å². The summed E-state index contributed by atoms with van der Waals surface area (Å²) < 4.78 is 1.97. The second-order valence-electron chi connectivity index (χ2n) is 4.07. The van der Waals surface area contributed by atoms with E-state index in [2.05, 4.69) is 37.1 Å². The number of hydrogen-bond acceptors (Lipinski definition) is 1. The Hall–Kier alpha value is -1.57. The van der Waals surface area contributed by atoms with Gasteiger partial charge in [0.25, 0.3) is 0 Å². The van der Waals surface area contributed by atoms with Gasteiger partial charge in [-0.3, -0.25) is 4.68 Å². The molecule has 2 rings (SSSR count). The van der Waals surface area contributed by atoms with Crippen molar-refractivity contribution in [3.8, 4) is 0 Å². The number of nitrogens with zero attached hydrogens (tertiary/aromatic N) is 2. The van der Waals surface area contributed by atoms with Crippen LogP contribution in [0.4, 0.5) is 0 Å². The average molecular weight is 200 g/mol. The van der Waals surface area contributed by atoms with Crippen LogP contribution in [0.25, 0.3) is 0 Å². The summed E-state index contributed by atoms with van der Waals surface area (Å²) in [4.78, 5) is 0. The lowest BCUT2D eigenvalue weighted by Gasteiger charge is -2.05. The molecule has 0 saturated heterocycles. The molecule has 1 aromatic heterocycles. The first-order chi connectivity index (χ1) is 7.15. The zero-order chi connectivity index (χ0) is 10.8. The highest BCUT2D eigenvalue weighted by Crippen LogP contribution is 2.10. The molecule has 0 radical (unpaired) electrons. The van der Waals surface area contributed by atoms with Gasteiger partial charge in [0.1, 0.15) is 0 Å². The van der Waals surface area contributed by atoms with Crippen molar-refractivity contribution in [2.45, 2.75) is 27.3 Å². The van der Waals surface area contributed by atoms with Crippen LogP contribution in [-0.4, -0.2) is 9.78 Å². The summed E-state index contributed by atoms with van der Waals surface area (Å²) in [5, 5.41) is 4.37. The molecule has 0 N–H and O–H groups in total. The van der Waals surface area contributed by atoms with Crippen LogP contribution in [-0.2, 0) is 6.54 Å². The summed E-state index contributed by atoms with van der Waals surface area (Å²) in [7, 11) is 0. The maximum absolute atomic E-state index is 4.37. The highest BCUT2D eigenvalue weighted by Gasteiger charge is 1.98. The van der Waals surface area contributed by atoms with Crippen LogP contribution in [0.3, 0.4) is 0 Å². The van der Waals surface area contributed by atoms with Crippen molar-refractivity contribution in [2.75, 3.05) is 0 Å². The van der Waals surface area contributed by atoms with Crippen molar-refractivity contribution in [3.05, 3.63) is 52.8 Å². The lowest BCUT2D eigenvalue weighted by molar-refractivity contribution is 0.679. The normalized spacial score (nSPS) is 10.6. The predicted molar refractivity (Wildman–Crippen MR) is 62.0 cm³/mol. The molecule has 1 heterocycles. The highest BCUT2D eigenvalue weighted by atomic mass is 15.3. The van der Waals surface area contributed by atoms with Crippen LogP contribution in [0.15, 0.2) is 30.5 Å². The molecule has 0 amide bonds. The topological polar surface area (TPSA) is 17.8 Å². The van der Waals surface area contributed by atoms with Gasteiger partial charge in [0.2, 0.25) is 0 Å². The maximum atomic E-state index is 4.37.